The van der Waals surface area contributed by atoms with Crippen LogP contribution in [0.15, 0.2) is 24.3 Å². The Morgan fingerprint density at radius 2 is 2.04 bits per heavy atom. The summed E-state index contributed by atoms with van der Waals surface area (Å²) < 4.78 is 19.0. The highest BCUT2D eigenvalue weighted by molar-refractivity contribution is 5.94. The molecule has 0 unspecified atom stereocenters. The molecule has 7 heteroatoms. The number of benzene rings is 1. The van der Waals surface area contributed by atoms with Crippen molar-refractivity contribution in [1.29, 1.82) is 0 Å². The van der Waals surface area contributed by atoms with E-state index in [9.17, 15) is 14.0 Å². The van der Waals surface area contributed by atoms with Gasteiger partial charge in [-0.2, -0.15) is 0 Å². The molecule has 2 N–H and O–H groups in total. The molecule has 1 saturated heterocycles. The van der Waals surface area contributed by atoms with Gasteiger partial charge in [0.05, 0.1) is 11.7 Å². The lowest BCUT2D eigenvalue weighted by molar-refractivity contribution is 0.0826. The van der Waals surface area contributed by atoms with Crippen LogP contribution in [-0.2, 0) is 4.74 Å². The highest BCUT2D eigenvalue weighted by atomic mass is 19.1. The summed E-state index contributed by atoms with van der Waals surface area (Å²) in [5, 5.41) is 5.34. The third-order valence-electron chi connectivity index (χ3n) is 3.92. The minimum absolute atomic E-state index is 0.00241. The first-order chi connectivity index (χ1) is 11.6. The Balaban J connectivity index is 1.69. The van der Waals surface area contributed by atoms with Crippen molar-refractivity contribution in [1.82, 2.24) is 15.5 Å². The highest BCUT2D eigenvalue weighted by Gasteiger charge is 2.21. The molecule has 1 aromatic rings. The minimum Gasteiger partial charge on any atom is -0.376 e. The molecule has 3 amide bonds. The fraction of sp³-hybridized carbons (Fsp3) is 0.529. The number of amides is 3. The first-order valence-corrected chi connectivity index (χ1v) is 8.29. The van der Waals surface area contributed by atoms with Crippen LogP contribution in [0.2, 0.25) is 0 Å². The van der Waals surface area contributed by atoms with E-state index in [2.05, 4.69) is 10.6 Å². The summed E-state index contributed by atoms with van der Waals surface area (Å²) in [4.78, 5) is 25.6. The first-order valence-electron chi connectivity index (χ1n) is 8.29. The molecule has 0 aliphatic carbocycles. The van der Waals surface area contributed by atoms with Crippen LogP contribution in [0.25, 0.3) is 0 Å². The molecule has 6 nitrogen and oxygen atoms in total. The highest BCUT2D eigenvalue weighted by Crippen LogP contribution is 2.13. The molecule has 1 atom stereocenters. The molecule has 1 aliphatic heterocycles. The predicted molar refractivity (Wildman–Crippen MR) is 88.4 cm³/mol. The van der Waals surface area contributed by atoms with Crippen LogP contribution in [-0.4, -0.2) is 55.7 Å². The third kappa shape index (κ3) is 5.19. The van der Waals surface area contributed by atoms with E-state index in [4.69, 9.17) is 4.74 Å². The van der Waals surface area contributed by atoms with Gasteiger partial charge in [-0.3, -0.25) is 4.79 Å². The average molecular weight is 337 g/mol. The van der Waals surface area contributed by atoms with Crippen molar-refractivity contribution in [2.24, 2.45) is 0 Å². The van der Waals surface area contributed by atoms with Crippen molar-refractivity contribution in [2.75, 3.05) is 32.8 Å². The van der Waals surface area contributed by atoms with Crippen LogP contribution >= 0.6 is 0 Å². The summed E-state index contributed by atoms with van der Waals surface area (Å²) >= 11 is 0. The number of hydrogen-bond donors (Lipinski definition) is 2. The maximum absolute atomic E-state index is 13.5. The van der Waals surface area contributed by atoms with Gasteiger partial charge in [-0.15, -0.1) is 0 Å². The summed E-state index contributed by atoms with van der Waals surface area (Å²) in [6, 6.07) is 5.60. The van der Waals surface area contributed by atoms with Gasteiger partial charge in [0.1, 0.15) is 5.82 Å². The number of carbonyl (C=O) groups is 2. The zero-order valence-corrected chi connectivity index (χ0v) is 13.9. The second-order valence-electron chi connectivity index (χ2n) is 5.64. The molecule has 132 valence electrons. The Labute approximate surface area is 141 Å². The molecule has 1 aliphatic rings. The quantitative estimate of drug-likeness (QED) is 0.745. The van der Waals surface area contributed by atoms with Crippen molar-refractivity contribution < 1.29 is 18.7 Å². The lowest BCUT2D eigenvalue weighted by atomic mass is 10.2. The average Bonchev–Trinajstić information content (AvgIpc) is 3.09. The van der Waals surface area contributed by atoms with E-state index in [0.29, 0.717) is 13.1 Å². The molecule has 0 radical (unpaired) electrons. The molecule has 1 fully saturated rings. The molecule has 1 aromatic carbocycles. The normalized spacial score (nSPS) is 16.7. The second-order valence-corrected chi connectivity index (χ2v) is 5.64. The van der Waals surface area contributed by atoms with E-state index >= 15 is 0 Å². The van der Waals surface area contributed by atoms with Gasteiger partial charge in [-0.05, 0) is 31.9 Å². The number of likely N-dealkylation sites (N-methyl/N-ethyl adjacent to an activating group) is 1. The topological polar surface area (TPSA) is 70.7 Å². The van der Waals surface area contributed by atoms with Crippen molar-refractivity contribution in [3.63, 3.8) is 0 Å². The Kier molecular flexibility index (Phi) is 6.99. The number of urea groups is 1. The van der Waals surface area contributed by atoms with Crippen LogP contribution in [0.3, 0.4) is 0 Å². The van der Waals surface area contributed by atoms with Crippen LogP contribution < -0.4 is 10.6 Å². The van der Waals surface area contributed by atoms with Gasteiger partial charge in [0.2, 0.25) is 0 Å². The standard InChI is InChI=1S/C17H24FN3O3/c1-2-21(12-13-6-5-11-24-13)17(23)20-10-9-19-16(22)14-7-3-4-8-15(14)18/h3-4,7-8,13H,2,5-6,9-12H2,1H3,(H,19,22)(H,20,23)/t13-/m1/s1. The number of halogens is 1. The summed E-state index contributed by atoms with van der Waals surface area (Å²) in [5.41, 5.74) is -0.00241. The van der Waals surface area contributed by atoms with Gasteiger partial charge in [-0.1, -0.05) is 12.1 Å². The molecule has 0 spiro atoms. The van der Waals surface area contributed by atoms with Gasteiger partial charge in [-0.25, -0.2) is 9.18 Å². The smallest absolute Gasteiger partial charge is 0.317 e. The number of nitrogens with zero attached hydrogens (tertiary/aromatic N) is 1. The molecule has 0 aromatic heterocycles. The molecule has 0 saturated carbocycles. The Morgan fingerprint density at radius 3 is 2.71 bits per heavy atom. The maximum Gasteiger partial charge on any atom is 0.317 e. The third-order valence-corrected chi connectivity index (χ3v) is 3.92. The number of rotatable bonds is 7. The first kappa shape index (κ1) is 18.2. The van der Waals surface area contributed by atoms with E-state index in [-0.39, 0.29) is 30.8 Å². The predicted octanol–water partition coefficient (Wildman–Crippen LogP) is 1.77. The van der Waals surface area contributed by atoms with Crippen molar-refractivity contribution in [3.8, 4) is 0 Å². The summed E-state index contributed by atoms with van der Waals surface area (Å²) in [7, 11) is 0. The fourth-order valence-corrected chi connectivity index (χ4v) is 2.59. The fourth-order valence-electron chi connectivity index (χ4n) is 2.59. The lowest BCUT2D eigenvalue weighted by Gasteiger charge is -2.24. The number of hydrogen-bond acceptors (Lipinski definition) is 3. The van der Waals surface area contributed by atoms with Gasteiger partial charge >= 0.3 is 6.03 Å². The maximum atomic E-state index is 13.5. The zero-order valence-electron chi connectivity index (χ0n) is 13.9. The van der Waals surface area contributed by atoms with Gasteiger partial charge in [0.25, 0.3) is 5.91 Å². The van der Waals surface area contributed by atoms with Crippen molar-refractivity contribution in [2.45, 2.75) is 25.9 Å². The molecule has 0 bridgehead atoms. The molecule has 24 heavy (non-hydrogen) atoms. The molecule has 1 heterocycles. The van der Waals surface area contributed by atoms with Gasteiger partial charge in [0.15, 0.2) is 0 Å². The van der Waals surface area contributed by atoms with E-state index in [1.165, 1.54) is 18.2 Å². The van der Waals surface area contributed by atoms with Crippen LogP contribution in [0.4, 0.5) is 9.18 Å². The molecular formula is C17H24FN3O3. The second kappa shape index (κ2) is 9.22. The van der Waals surface area contributed by atoms with E-state index in [1.54, 1.807) is 11.0 Å². The van der Waals surface area contributed by atoms with Crippen LogP contribution in [0.5, 0.6) is 0 Å². The molecule has 2 rings (SSSR count). The van der Waals surface area contributed by atoms with E-state index < -0.39 is 11.7 Å². The van der Waals surface area contributed by atoms with E-state index in [0.717, 1.165) is 19.4 Å². The lowest BCUT2D eigenvalue weighted by Crippen LogP contribution is -2.45. The zero-order chi connectivity index (χ0) is 17.4. The Morgan fingerprint density at radius 1 is 1.29 bits per heavy atom. The van der Waals surface area contributed by atoms with Crippen molar-refractivity contribution in [3.05, 3.63) is 35.6 Å². The van der Waals surface area contributed by atoms with E-state index in [1.807, 2.05) is 6.92 Å². The van der Waals surface area contributed by atoms with Crippen molar-refractivity contribution >= 4 is 11.9 Å². The Hall–Kier alpha value is -2.15. The number of ether oxygens (including phenoxy) is 1. The summed E-state index contributed by atoms with van der Waals surface area (Å²) in [6.45, 7) is 4.34. The Bertz CT molecular complexity index is 562. The summed E-state index contributed by atoms with van der Waals surface area (Å²) in [5.74, 6) is -1.05. The number of nitrogens with one attached hydrogen (secondary N) is 2. The largest absolute Gasteiger partial charge is 0.376 e. The summed E-state index contributed by atoms with van der Waals surface area (Å²) in [6.07, 6.45) is 2.12. The van der Waals surface area contributed by atoms with Gasteiger partial charge in [0, 0.05) is 32.8 Å². The van der Waals surface area contributed by atoms with Crippen LogP contribution in [0.1, 0.15) is 30.1 Å². The number of carbonyl (C=O) groups excluding carboxylic acids is 2. The molecular weight excluding hydrogens is 313 g/mol. The van der Waals surface area contributed by atoms with Crippen LogP contribution in [0, 0.1) is 5.82 Å². The monoisotopic (exact) mass is 337 g/mol. The van der Waals surface area contributed by atoms with Gasteiger partial charge < -0.3 is 20.3 Å². The minimum atomic E-state index is -0.562. The SMILES string of the molecule is CCN(C[C@H]1CCCO1)C(=O)NCCNC(=O)c1ccccc1F.